The van der Waals surface area contributed by atoms with E-state index in [1.807, 2.05) is 20.8 Å². The maximum absolute atomic E-state index is 12.7. The lowest BCUT2D eigenvalue weighted by Gasteiger charge is -2.34. The molecule has 3 N–H and O–H groups in total. The lowest BCUT2D eigenvalue weighted by atomic mass is 9.66. The molecule has 1 aromatic carbocycles. The summed E-state index contributed by atoms with van der Waals surface area (Å²) in [7, 11) is 0. The predicted octanol–water partition coefficient (Wildman–Crippen LogP) is 1.67. The molecular formula is C17H20N2O5. The van der Waals surface area contributed by atoms with Gasteiger partial charge in [0.25, 0.3) is 5.91 Å². The van der Waals surface area contributed by atoms with E-state index >= 15 is 0 Å². The van der Waals surface area contributed by atoms with Crippen LogP contribution in [-0.2, 0) is 14.3 Å². The maximum Gasteiger partial charge on any atom is 0.313 e. The highest BCUT2D eigenvalue weighted by atomic mass is 16.6. The minimum atomic E-state index is -1.23. The molecule has 1 saturated carbocycles. The molecule has 7 nitrogen and oxygen atoms in total. The molecule has 1 aliphatic heterocycles. The van der Waals surface area contributed by atoms with Gasteiger partial charge in [0.2, 0.25) is 0 Å². The van der Waals surface area contributed by atoms with Gasteiger partial charge in [-0.05, 0) is 31.9 Å². The van der Waals surface area contributed by atoms with Gasteiger partial charge in [-0.1, -0.05) is 13.8 Å². The van der Waals surface area contributed by atoms with Gasteiger partial charge in [-0.15, -0.1) is 0 Å². The van der Waals surface area contributed by atoms with E-state index < -0.39 is 22.3 Å². The van der Waals surface area contributed by atoms with Crippen molar-refractivity contribution in [1.82, 2.24) is 5.43 Å². The van der Waals surface area contributed by atoms with Crippen LogP contribution in [0.2, 0.25) is 0 Å². The third-order valence-corrected chi connectivity index (χ3v) is 5.83. The van der Waals surface area contributed by atoms with Crippen LogP contribution in [0.1, 0.15) is 39.2 Å². The van der Waals surface area contributed by atoms with Crippen LogP contribution in [0.25, 0.3) is 0 Å². The Bertz CT molecular complexity index is 757. The van der Waals surface area contributed by atoms with E-state index in [4.69, 9.17) is 4.74 Å². The molecule has 2 fully saturated rings. The Morgan fingerprint density at radius 1 is 1.29 bits per heavy atom. The third-order valence-electron chi connectivity index (χ3n) is 5.83. The van der Waals surface area contributed by atoms with E-state index in [1.165, 1.54) is 24.4 Å². The van der Waals surface area contributed by atoms with Crippen molar-refractivity contribution >= 4 is 18.1 Å². The lowest BCUT2D eigenvalue weighted by molar-refractivity contribution is -0.168. The van der Waals surface area contributed by atoms with Gasteiger partial charge in [0.1, 0.15) is 11.5 Å². The van der Waals surface area contributed by atoms with Crippen molar-refractivity contribution in [2.24, 2.45) is 15.9 Å². The number of hydrazone groups is 1. The number of esters is 1. The number of nitrogens with zero attached hydrogens (tertiary/aromatic N) is 1. The number of aromatic hydroxyl groups is 2. The first-order valence-corrected chi connectivity index (χ1v) is 7.73. The smallest absolute Gasteiger partial charge is 0.313 e. The van der Waals surface area contributed by atoms with Crippen LogP contribution < -0.4 is 5.43 Å². The number of ether oxygens (including phenoxy) is 1. The molecule has 3 rings (SSSR count). The van der Waals surface area contributed by atoms with Gasteiger partial charge in [-0.3, -0.25) is 9.59 Å². The van der Waals surface area contributed by atoms with E-state index in [0.29, 0.717) is 18.4 Å². The van der Waals surface area contributed by atoms with Crippen molar-refractivity contribution < 1.29 is 24.5 Å². The third kappa shape index (κ3) is 1.93. The van der Waals surface area contributed by atoms with Gasteiger partial charge in [0, 0.05) is 17.0 Å². The molecule has 24 heavy (non-hydrogen) atoms. The number of nitrogens with one attached hydrogen (secondary N) is 1. The van der Waals surface area contributed by atoms with Crippen LogP contribution in [0.4, 0.5) is 0 Å². The molecule has 1 aliphatic carbocycles. The Kier molecular flexibility index (Phi) is 3.37. The van der Waals surface area contributed by atoms with Gasteiger partial charge in [0.05, 0.1) is 11.6 Å². The second-order valence-corrected chi connectivity index (χ2v) is 7.12. The summed E-state index contributed by atoms with van der Waals surface area (Å²) in [5.41, 5.74) is 0.196. The number of amides is 1. The molecule has 2 unspecified atom stereocenters. The fraction of sp³-hybridized carbons (Fsp3) is 0.471. The van der Waals surface area contributed by atoms with E-state index in [-0.39, 0.29) is 17.5 Å². The number of rotatable bonds is 3. The number of hydrogen-bond donors (Lipinski definition) is 3. The topological polar surface area (TPSA) is 108 Å². The molecule has 1 heterocycles. The minimum Gasteiger partial charge on any atom is -0.508 e. The fourth-order valence-corrected chi connectivity index (χ4v) is 3.64. The first-order valence-electron chi connectivity index (χ1n) is 7.73. The Morgan fingerprint density at radius 3 is 2.54 bits per heavy atom. The number of carbonyl (C=O) groups excluding carboxylic acids is 2. The van der Waals surface area contributed by atoms with E-state index in [0.717, 1.165) is 0 Å². The second-order valence-electron chi connectivity index (χ2n) is 7.12. The molecule has 1 amide bonds. The van der Waals surface area contributed by atoms with Crippen molar-refractivity contribution in [2.75, 3.05) is 0 Å². The molecule has 1 aromatic rings. The number of hydrogen-bond acceptors (Lipinski definition) is 6. The zero-order valence-electron chi connectivity index (χ0n) is 13.8. The zero-order chi connectivity index (χ0) is 17.8. The molecule has 2 atom stereocenters. The van der Waals surface area contributed by atoms with Crippen LogP contribution in [0.3, 0.4) is 0 Å². The summed E-state index contributed by atoms with van der Waals surface area (Å²) in [4.78, 5) is 24.8. The Labute approximate surface area is 139 Å². The van der Waals surface area contributed by atoms with Crippen LogP contribution >= 0.6 is 0 Å². The molecule has 2 aliphatic rings. The van der Waals surface area contributed by atoms with E-state index in [1.54, 1.807) is 0 Å². The zero-order valence-corrected chi connectivity index (χ0v) is 13.8. The lowest BCUT2D eigenvalue weighted by Crippen LogP contribution is -2.52. The molecule has 128 valence electrons. The van der Waals surface area contributed by atoms with Crippen LogP contribution in [0, 0.1) is 10.8 Å². The van der Waals surface area contributed by atoms with E-state index in [9.17, 15) is 19.8 Å². The summed E-state index contributed by atoms with van der Waals surface area (Å²) in [6.45, 7) is 5.55. The van der Waals surface area contributed by atoms with Gasteiger partial charge in [-0.25, -0.2) is 5.43 Å². The average molecular weight is 332 g/mol. The van der Waals surface area contributed by atoms with Crippen molar-refractivity contribution in [3.05, 3.63) is 23.8 Å². The summed E-state index contributed by atoms with van der Waals surface area (Å²) < 4.78 is 5.46. The highest BCUT2D eigenvalue weighted by molar-refractivity contribution is 5.96. The van der Waals surface area contributed by atoms with Gasteiger partial charge in [-0.2, -0.15) is 5.10 Å². The highest BCUT2D eigenvalue weighted by Crippen LogP contribution is 2.65. The first kappa shape index (κ1) is 16.3. The molecule has 0 radical (unpaired) electrons. The summed E-state index contributed by atoms with van der Waals surface area (Å²) in [5.74, 6) is -1.06. The minimum absolute atomic E-state index is 0.0718. The highest BCUT2D eigenvalue weighted by Gasteiger charge is 2.75. The Morgan fingerprint density at radius 2 is 2.00 bits per heavy atom. The fourth-order valence-electron chi connectivity index (χ4n) is 3.64. The molecule has 2 bridgehead atoms. The molecule has 7 heteroatoms. The van der Waals surface area contributed by atoms with Crippen LogP contribution in [0.5, 0.6) is 11.5 Å². The van der Waals surface area contributed by atoms with Crippen molar-refractivity contribution in [2.45, 2.75) is 39.2 Å². The molecule has 1 saturated heterocycles. The second kappa shape index (κ2) is 4.96. The summed E-state index contributed by atoms with van der Waals surface area (Å²) >= 11 is 0. The number of benzene rings is 1. The number of carbonyl (C=O) groups is 2. The number of fused-ring (bicyclic) bond motifs is 2. The molecule has 0 aromatic heterocycles. The summed E-state index contributed by atoms with van der Waals surface area (Å²) in [6, 6.07) is 4.03. The number of phenolic OH excluding ortho intramolecular Hbond substituents is 2. The SMILES string of the molecule is CC12CCC(C(=O)N/N=C/c3ccc(O)cc3O)(OC1=O)C2(C)C. The van der Waals surface area contributed by atoms with Crippen LogP contribution in [0.15, 0.2) is 23.3 Å². The van der Waals surface area contributed by atoms with Crippen molar-refractivity contribution in [1.29, 1.82) is 0 Å². The van der Waals surface area contributed by atoms with Gasteiger partial charge < -0.3 is 14.9 Å². The van der Waals surface area contributed by atoms with Gasteiger partial charge >= 0.3 is 5.97 Å². The normalized spacial score (nSPS) is 30.5. The van der Waals surface area contributed by atoms with Gasteiger partial charge in [0.15, 0.2) is 5.60 Å². The Balaban J connectivity index is 1.79. The first-order chi connectivity index (χ1) is 11.1. The summed E-state index contributed by atoms with van der Waals surface area (Å²) in [5, 5.41) is 22.8. The standard InChI is InChI=1S/C17H20N2O5/c1-15(2)16(3)6-7-17(15,24-14(16)23)13(22)19-18-9-10-4-5-11(20)8-12(10)21/h4-5,8-9,20-21H,6-7H2,1-3H3,(H,19,22)/b18-9+. The van der Waals surface area contributed by atoms with Crippen LogP contribution in [-0.4, -0.2) is 33.9 Å². The van der Waals surface area contributed by atoms with Crippen molar-refractivity contribution in [3.8, 4) is 11.5 Å². The molecular weight excluding hydrogens is 312 g/mol. The van der Waals surface area contributed by atoms with E-state index in [2.05, 4.69) is 10.5 Å². The predicted molar refractivity (Wildman–Crippen MR) is 85.5 cm³/mol. The van der Waals surface area contributed by atoms with Crippen molar-refractivity contribution in [3.63, 3.8) is 0 Å². The Hall–Kier alpha value is -2.57. The average Bonchev–Trinajstić information content (AvgIpc) is 2.79. The largest absolute Gasteiger partial charge is 0.508 e. The molecule has 0 spiro atoms. The maximum atomic E-state index is 12.7. The summed E-state index contributed by atoms with van der Waals surface area (Å²) in [6.07, 6.45) is 2.31. The quantitative estimate of drug-likeness (QED) is 0.443. The monoisotopic (exact) mass is 332 g/mol. The number of phenols is 2.